The molecule has 1 aromatic rings. The van der Waals surface area contributed by atoms with Crippen molar-refractivity contribution >= 4 is 29.4 Å². The molecule has 2 rings (SSSR count). The number of carbonyl (C=O) groups is 3. The standard InChI is InChI=1S/C16H19ClN2O4/c1-10(16(22)23)18-14(20)12-3-2-8-19(9-12)15(21)11-4-6-13(17)7-5-11/h4-7,10,12H,2-3,8-9H2,1H3,(H,18,20)(H,22,23). The van der Waals surface area contributed by atoms with Crippen molar-refractivity contribution in [2.75, 3.05) is 13.1 Å². The van der Waals surface area contributed by atoms with Gasteiger partial charge in [-0.25, -0.2) is 0 Å². The fraction of sp³-hybridized carbons (Fsp3) is 0.438. The van der Waals surface area contributed by atoms with E-state index in [1.54, 1.807) is 29.2 Å². The van der Waals surface area contributed by atoms with Gasteiger partial charge in [-0.3, -0.25) is 14.4 Å². The van der Waals surface area contributed by atoms with E-state index in [1.165, 1.54) is 6.92 Å². The van der Waals surface area contributed by atoms with Gasteiger partial charge in [-0.2, -0.15) is 0 Å². The zero-order valence-corrected chi connectivity index (χ0v) is 13.5. The number of carboxylic acids is 1. The van der Waals surface area contributed by atoms with E-state index in [0.29, 0.717) is 36.5 Å². The van der Waals surface area contributed by atoms with E-state index >= 15 is 0 Å². The fourth-order valence-electron chi connectivity index (χ4n) is 2.54. The topological polar surface area (TPSA) is 86.7 Å². The lowest BCUT2D eigenvalue weighted by Crippen LogP contribution is -2.48. The van der Waals surface area contributed by atoms with Crippen molar-refractivity contribution in [3.05, 3.63) is 34.9 Å². The molecule has 0 spiro atoms. The van der Waals surface area contributed by atoms with Crippen molar-refractivity contribution in [2.24, 2.45) is 5.92 Å². The highest BCUT2D eigenvalue weighted by atomic mass is 35.5. The number of hydrogen-bond acceptors (Lipinski definition) is 3. The molecule has 1 heterocycles. The van der Waals surface area contributed by atoms with Crippen LogP contribution >= 0.6 is 11.6 Å². The molecule has 0 saturated carbocycles. The molecule has 0 bridgehead atoms. The first kappa shape index (κ1) is 17.3. The van der Waals surface area contributed by atoms with Crippen LogP contribution in [0.4, 0.5) is 0 Å². The molecule has 2 atom stereocenters. The van der Waals surface area contributed by atoms with Crippen molar-refractivity contribution in [1.29, 1.82) is 0 Å². The number of carboxylic acid groups (broad SMARTS) is 1. The summed E-state index contributed by atoms with van der Waals surface area (Å²) in [6.07, 6.45) is 1.35. The second-order valence-corrected chi connectivity index (χ2v) is 6.10. The molecule has 23 heavy (non-hydrogen) atoms. The summed E-state index contributed by atoms with van der Waals surface area (Å²) in [6, 6.07) is 5.67. The Morgan fingerprint density at radius 1 is 1.30 bits per heavy atom. The van der Waals surface area contributed by atoms with Crippen LogP contribution < -0.4 is 5.32 Å². The van der Waals surface area contributed by atoms with Crippen molar-refractivity contribution in [1.82, 2.24) is 10.2 Å². The molecule has 1 aliphatic rings. The highest BCUT2D eigenvalue weighted by Crippen LogP contribution is 2.20. The number of nitrogens with zero attached hydrogens (tertiary/aromatic N) is 1. The number of amides is 2. The SMILES string of the molecule is CC(NC(=O)C1CCCN(C(=O)c2ccc(Cl)cc2)C1)C(=O)O. The Bertz CT molecular complexity index is 603. The molecule has 124 valence electrons. The second-order valence-electron chi connectivity index (χ2n) is 5.67. The van der Waals surface area contributed by atoms with Crippen LogP contribution in [0.3, 0.4) is 0 Å². The monoisotopic (exact) mass is 338 g/mol. The number of hydrogen-bond donors (Lipinski definition) is 2. The minimum absolute atomic E-state index is 0.148. The first-order chi connectivity index (χ1) is 10.9. The molecule has 0 radical (unpaired) electrons. The van der Waals surface area contributed by atoms with E-state index in [9.17, 15) is 14.4 Å². The van der Waals surface area contributed by atoms with Crippen molar-refractivity contribution < 1.29 is 19.5 Å². The lowest BCUT2D eigenvalue weighted by molar-refractivity contribution is -0.142. The molecule has 1 aliphatic heterocycles. The minimum atomic E-state index is -1.08. The average Bonchev–Trinajstić information content (AvgIpc) is 2.54. The lowest BCUT2D eigenvalue weighted by Gasteiger charge is -2.32. The summed E-state index contributed by atoms with van der Waals surface area (Å²) in [4.78, 5) is 37.0. The van der Waals surface area contributed by atoms with Crippen molar-refractivity contribution in [3.63, 3.8) is 0 Å². The summed E-state index contributed by atoms with van der Waals surface area (Å²) in [5, 5.41) is 11.9. The van der Waals surface area contributed by atoms with Crippen LogP contribution in [0, 0.1) is 5.92 Å². The number of piperidine rings is 1. The van der Waals surface area contributed by atoms with Crippen LogP contribution in [0.2, 0.25) is 5.02 Å². The van der Waals surface area contributed by atoms with Gasteiger partial charge in [-0.15, -0.1) is 0 Å². The van der Waals surface area contributed by atoms with Crippen LogP contribution in [0.15, 0.2) is 24.3 Å². The molecule has 0 aliphatic carbocycles. The Morgan fingerprint density at radius 3 is 2.57 bits per heavy atom. The smallest absolute Gasteiger partial charge is 0.325 e. The van der Waals surface area contributed by atoms with Gasteiger partial charge in [0.15, 0.2) is 0 Å². The summed E-state index contributed by atoms with van der Waals surface area (Å²) >= 11 is 5.82. The van der Waals surface area contributed by atoms with Gasteiger partial charge in [0.2, 0.25) is 5.91 Å². The molecule has 1 saturated heterocycles. The summed E-state index contributed by atoms with van der Waals surface area (Å²) in [5.41, 5.74) is 0.523. The van der Waals surface area contributed by atoms with E-state index in [0.717, 1.165) is 0 Å². The maximum Gasteiger partial charge on any atom is 0.325 e. The highest BCUT2D eigenvalue weighted by Gasteiger charge is 2.30. The van der Waals surface area contributed by atoms with Gasteiger partial charge in [0.1, 0.15) is 6.04 Å². The third-order valence-electron chi connectivity index (χ3n) is 3.90. The molecular weight excluding hydrogens is 320 g/mol. The van der Waals surface area contributed by atoms with Gasteiger partial charge in [0, 0.05) is 23.7 Å². The Morgan fingerprint density at radius 2 is 1.96 bits per heavy atom. The number of halogens is 1. The average molecular weight is 339 g/mol. The minimum Gasteiger partial charge on any atom is -0.480 e. The summed E-state index contributed by atoms with van der Waals surface area (Å²) in [7, 11) is 0. The molecule has 1 fully saturated rings. The Kier molecular flexibility index (Phi) is 5.60. The highest BCUT2D eigenvalue weighted by molar-refractivity contribution is 6.30. The predicted octanol–water partition coefficient (Wildman–Crippen LogP) is 1.78. The Balaban J connectivity index is 2.00. The lowest BCUT2D eigenvalue weighted by atomic mass is 9.96. The van der Waals surface area contributed by atoms with Crippen LogP contribution in [-0.4, -0.2) is 46.9 Å². The van der Waals surface area contributed by atoms with E-state index in [1.807, 2.05) is 0 Å². The fourth-order valence-corrected chi connectivity index (χ4v) is 2.67. The zero-order valence-electron chi connectivity index (χ0n) is 12.8. The Hall–Kier alpha value is -2.08. The number of aliphatic carboxylic acids is 1. The molecule has 7 heteroatoms. The van der Waals surface area contributed by atoms with Gasteiger partial charge in [-0.05, 0) is 44.0 Å². The van der Waals surface area contributed by atoms with Gasteiger partial charge >= 0.3 is 5.97 Å². The molecule has 2 unspecified atom stereocenters. The molecular formula is C16H19ClN2O4. The number of carbonyl (C=O) groups excluding carboxylic acids is 2. The van der Waals surface area contributed by atoms with E-state index in [2.05, 4.69) is 5.32 Å². The van der Waals surface area contributed by atoms with E-state index in [-0.39, 0.29) is 17.7 Å². The third-order valence-corrected chi connectivity index (χ3v) is 4.15. The van der Waals surface area contributed by atoms with Gasteiger partial charge in [0.25, 0.3) is 5.91 Å². The summed E-state index contributed by atoms with van der Waals surface area (Å²) in [5.74, 6) is -1.94. The number of benzene rings is 1. The summed E-state index contributed by atoms with van der Waals surface area (Å²) in [6.45, 7) is 2.29. The van der Waals surface area contributed by atoms with Crippen molar-refractivity contribution in [2.45, 2.75) is 25.8 Å². The number of rotatable bonds is 4. The third kappa shape index (κ3) is 4.45. The molecule has 0 aromatic heterocycles. The maximum absolute atomic E-state index is 12.5. The van der Waals surface area contributed by atoms with Crippen LogP contribution in [0.5, 0.6) is 0 Å². The Labute approximate surface area is 139 Å². The van der Waals surface area contributed by atoms with Crippen LogP contribution in [-0.2, 0) is 9.59 Å². The molecule has 2 amide bonds. The first-order valence-electron chi connectivity index (χ1n) is 7.46. The molecule has 2 N–H and O–H groups in total. The van der Waals surface area contributed by atoms with Crippen LogP contribution in [0.25, 0.3) is 0 Å². The van der Waals surface area contributed by atoms with Gasteiger partial charge < -0.3 is 15.3 Å². The maximum atomic E-state index is 12.5. The van der Waals surface area contributed by atoms with Crippen molar-refractivity contribution in [3.8, 4) is 0 Å². The number of nitrogens with one attached hydrogen (secondary N) is 1. The molecule has 1 aromatic carbocycles. The quantitative estimate of drug-likeness (QED) is 0.876. The van der Waals surface area contributed by atoms with Crippen LogP contribution in [0.1, 0.15) is 30.1 Å². The number of likely N-dealkylation sites (tertiary alicyclic amines) is 1. The van der Waals surface area contributed by atoms with Gasteiger partial charge in [-0.1, -0.05) is 11.6 Å². The summed E-state index contributed by atoms with van der Waals surface area (Å²) < 4.78 is 0. The predicted molar refractivity (Wildman–Crippen MR) is 85.3 cm³/mol. The largest absolute Gasteiger partial charge is 0.480 e. The first-order valence-corrected chi connectivity index (χ1v) is 7.84. The van der Waals surface area contributed by atoms with E-state index < -0.39 is 12.0 Å². The zero-order chi connectivity index (χ0) is 17.0. The van der Waals surface area contributed by atoms with E-state index in [4.69, 9.17) is 16.7 Å². The normalized spacial score (nSPS) is 19.0. The second kappa shape index (κ2) is 7.46. The molecule has 6 nitrogen and oxygen atoms in total. The van der Waals surface area contributed by atoms with Gasteiger partial charge in [0.05, 0.1) is 5.92 Å².